The third-order valence-electron chi connectivity index (χ3n) is 2.61. The first-order valence-electron chi connectivity index (χ1n) is 5.06. The van der Waals surface area contributed by atoms with Gasteiger partial charge in [-0.1, -0.05) is 0 Å². The van der Waals surface area contributed by atoms with Crippen molar-refractivity contribution in [3.63, 3.8) is 0 Å². The van der Waals surface area contributed by atoms with Gasteiger partial charge in [-0.15, -0.1) is 11.8 Å². The van der Waals surface area contributed by atoms with E-state index in [1.54, 1.807) is 18.0 Å². The first-order valence-corrected chi connectivity index (χ1v) is 6.05. The van der Waals surface area contributed by atoms with Crippen LogP contribution in [0.25, 0.3) is 11.6 Å². The van der Waals surface area contributed by atoms with Crippen LogP contribution in [-0.2, 0) is 6.42 Å². The smallest absolute Gasteiger partial charge is 0.265 e. The second-order valence-corrected chi connectivity index (χ2v) is 4.83. The SMILES string of the molecule is Cc1ccoc1-c1nc2c(c(=O)[nH]1)SCC2. The molecule has 2 aromatic heterocycles. The molecule has 16 heavy (non-hydrogen) atoms. The summed E-state index contributed by atoms with van der Waals surface area (Å²) in [5, 5.41) is 0. The molecular weight excluding hydrogens is 224 g/mol. The van der Waals surface area contributed by atoms with Gasteiger partial charge in [-0.3, -0.25) is 4.79 Å². The third-order valence-corrected chi connectivity index (χ3v) is 3.73. The number of furan rings is 1. The Kier molecular flexibility index (Phi) is 2.14. The van der Waals surface area contributed by atoms with Crippen LogP contribution in [0.15, 0.2) is 26.4 Å². The molecule has 0 radical (unpaired) electrons. The van der Waals surface area contributed by atoms with E-state index in [-0.39, 0.29) is 5.56 Å². The molecule has 4 nitrogen and oxygen atoms in total. The molecule has 1 aliphatic rings. The van der Waals surface area contributed by atoms with Crippen LogP contribution in [-0.4, -0.2) is 15.7 Å². The van der Waals surface area contributed by atoms with E-state index in [1.807, 2.05) is 13.0 Å². The lowest BCUT2D eigenvalue weighted by atomic mass is 10.2. The van der Waals surface area contributed by atoms with E-state index in [0.717, 1.165) is 28.3 Å². The molecule has 3 heterocycles. The normalized spacial score (nSPS) is 14.1. The molecule has 3 rings (SSSR count). The van der Waals surface area contributed by atoms with E-state index < -0.39 is 0 Å². The lowest BCUT2D eigenvalue weighted by molar-refractivity contribution is 0.574. The van der Waals surface area contributed by atoms with E-state index in [4.69, 9.17) is 4.42 Å². The number of aromatic nitrogens is 2. The summed E-state index contributed by atoms with van der Waals surface area (Å²) in [5.74, 6) is 2.12. The van der Waals surface area contributed by atoms with Gasteiger partial charge in [0.05, 0.1) is 16.9 Å². The maximum atomic E-state index is 11.8. The molecule has 0 aliphatic carbocycles. The highest BCUT2D eigenvalue weighted by Crippen LogP contribution is 2.28. The Bertz CT molecular complexity index is 600. The van der Waals surface area contributed by atoms with Crippen LogP contribution in [0.1, 0.15) is 11.3 Å². The number of nitrogens with one attached hydrogen (secondary N) is 1. The second kappa shape index (κ2) is 3.52. The summed E-state index contributed by atoms with van der Waals surface area (Å²) in [7, 11) is 0. The third kappa shape index (κ3) is 1.39. The highest BCUT2D eigenvalue weighted by atomic mass is 32.2. The van der Waals surface area contributed by atoms with Gasteiger partial charge < -0.3 is 9.40 Å². The van der Waals surface area contributed by atoms with Crippen molar-refractivity contribution in [2.75, 3.05) is 5.75 Å². The predicted molar refractivity (Wildman–Crippen MR) is 61.7 cm³/mol. The molecule has 1 N–H and O–H groups in total. The highest BCUT2D eigenvalue weighted by Gasteiger charge is 2.19. The highest BCUT2D eigenvalue weighted by molar-refractivity contribution is 7.99. The van der Waals surface area contributed by atoms with Crippen molar-refractivity contribution in [1.82, 2.24) is 9.97 Å². The lowest BCUT2D eigenvalue weighted by Crippen LogP contribution is -2.12. The Morgan fingerprint density at radius 1 is 1.56 bits per heavy atom. The Labute approximate surface area is 96.1 Å². The Morgan fingerprint density at radius 2 is 2.44 bits per heavy atom. The van der Waals surface area contributed by atoms with E-state index in [2.05, 4.69) is 9.97 Å². The van der Waals surface area contributed by atoms with Crippen LogP contribution in [0.4, 0.5) is 0 Å². The van der Waals surface area contributed by atoms with Gasteiger partial charge in [-0.05, 0) is 18.6 Å². The molecular formula is C11H10N2O2S. The van der Waals surface area contributed by atoms with Crippen molar-refractivity contribution < 1.29 is 4.42 Å². The zero-order valence-electron chi connectivity index (χ0n) is 8.74. The van der Waals surface area contributed by atoms with Gasteiger partial charge in [0, 0.05) is 12.2 Å². The molecule has 0 spiro atoms. The zero-order chi connectivity index (χ0) is 11.1. The summed E-state index contributed by atoms with van der Waals surface area (Å²) < 4.78 is 5.33. The van der Waals surface area contributed by atoms with Crippen LogP contribution in [0.3, 0.4) is 0 Å². The van der Waals surface area contributed by atoms with Crippen LogP contribution < -0.4 is 5.56 Å². The molecule has 0 bridgehead atoms. The Balaban J connectivity index is 2.21. The molecule has 0 atom stereocenters. The molecule has 2 aromatic rings. The summed E-state index contributed by atoms with van der Waals surface area (Å²) in [6, 6.07) is 1.86. The summed E-state index contributed by atoms with van der Waals surface area (Å²) in [6.07, 6.45) is 2.46. The average molecular weight is 234 g/mol. The number of nitrogens with zero attached hydrogens (tertiary/aromatic N) is 1. The first kappa shape index (κ1) is 9.72. The maximum Gasteiger partial charge on any atom is 0.265 e. The van der Waals surface area contributed by atoms with Crippen LogP contribution in [0.2, 0.25) is 0 Å². The van der Waals surface area contributed by atoms with E-state index in [0.29, 0.717) is 11.6 Å². The quantitative estimate of drug-likeness (QED) is 0.819. The minimum absolute atomic E-state index is 0.0571. The second-order valence-electron chi connectivity index (χ2n) is 3.72. The summed E-state index contributed by atoms with van der Waals surface area (Å²) in [5.41, 5.74) is 1.81. The molecule has 0 aromatic carbocycles. The average Bonchev–Trinajstić information content (AvgIpc) is 2.85. The van der Waals surface area contributed by atoms with Crippen molar-refractivity contribution in [3.05, 3.63) is 33.9 Å². The first-order chi connectivity index (χ1) is 7.75. The number of rotatable bonds is 1. The van der Waals surface area contributed by atoms with Crippen LogP contribution >= 0.6 is 11.8 Å². The summed E-state index contributed by atoms with van der Waals surface area (Å²) >= 11 is 1.57. The molecule has 0 fully saturated rings. The number of aromatic amines is 1. The van der Waals surface area contributed by atoms with Gasteiger partial charge in [0.1, 0.15) is 0 Å². The minimum Gasteiger partial charge on any atom is -0.461 e. The van der Waals surface area contributed by atoms with E-state index in [9.17, 15) is 4.79 Å². The Hall–Kier alpha value is -1.49. The largest absolute Gasteiger partial charge is 0.461 e. The lowest BCUT2D eigenvalue weighted by Gasteiger charge is -2.01. The van der Waals surface area contributed by atoms with Gasteiger partial charge in [0.15, 0.2) is 11.6 Å². The number of fused-ring (bicyclic) bond motifs is 1. The molecule has 0 amide bonds. The predicted octanol–water partition coefficient (Wildman–Crippen LogP) is 1.99. The molecule has 1 aliphatic heterocycles. The fourth-order valence-electron chi connectivity index (χ4n) is 1.80. The van der Waals surface area contributed by atoms with Gasteiger partial charge >= 0.3 is 0 Å². The van der Waals surface area contributed by atoms with Crippen LogP contribution in [0, 0.1) is 6.92 Å². The molecule has 0 saturated heterocycles. The van der Waals surface area contributed by atoms with Crippen molar-refractivity contribution >= 4 is 11.8 Å². The molecule has 0 saturated carbocycles. The monoisotopic (exact) mass is 234 g/mol. The van der Waals surface area contributed by atoms with Crippen LogP contribution in [0.5, 0.6) is 0 Å². The van der Waals surface area contributed by atoms with Gasteiger partial charge in [0.25, 0.3) is 5.56 Å². The fourth-order valence-corrected chi connectivity index (χ4v) is 2.80. The van der Waals surface area contributed by atoms with Crippen molar-refractivity contribution in [2.45, 2.75) is 18.2 Å². The van der Waals surface area contributed by atoms with E-state index >= 15 is 0 Å². The summed E-state index contributed by atoms with van der Waals surface area (Å²) in [6.45, 7) is 1.93. The zero-order valence-corrected chi connectivity index (χ0v) is 9.56. The number of thioether (sulfide) groups is 1. The molecule has 82 valence electrons. The minimum atomic E-state index is -0.0571. The van der Waals surface area contributed by atoms with Crippen molar-refractivity contribution in [3.8, 4) is 11.6 Å². The van der Waals surface area contributed by atoms with Gasteiger partial charge in [-0.25, -0.2) is 4.98 Å². The maximum absolute atomic E-state index is 11.8. The topological polar surface area (TPSA) is 58.9 Å². The number of H-pyrrole nitrogens is 1. The number of hydrogen-bond acceptors (Lipinski definition) is 4. The van der Waals surface area contributed by atoms with Crippen molar-refractivity contribution in [2.24, 2.45) is 0 Å². The van der Waals surface area contributed by atoms with Crippen molar-refractivity contribution in [1.29, 1.82) is 0 Å². The Morgan fingerprint density at radius 3 is 3.19 bits per heavy atom. The summed E-state index contributed by atoms with van der Waals surface area (Å²) in [4.78, 5) is 19.8. The van der Waals surface area contributed by atoms with E-state index in [1.165, 1.54) is 0 Å². The molecule has 0 unspecified atom stereocenters. The van der Waals surface area contributed by atoms with Gasteiger partial charge in [0.2, 0.25) is 0 Å². The fraction of sp³-hybridized carbons (Fsp3) is 0.273. The molecule has 5 heteroatoms. The number of hydrogen-bond donors (Lipinski definition) is 1. The van der Waals surface area contributed by atoms with Gasteiger partial charge in [-0.2, -0.15) is 0 Å². The standard InChI is InChI=1S/C11H10N2O2S/c1-6-2-4-15-8(6)10-12-7-3-5-16-9(7)11(14)13-10/h2,4H,3,5H2,1H3,(H,12,13,14). The number of aryl methyl sites for hydroxylation is 2.